The van der Waals surface area contributed by atoms with Crippen LogP contribution in [0.5, 0.6) is 0 Å². The zero-order chi connectivity index (χ0) is 11.8. The van der Waals surface area contributed by atoms with Gasteiger partial charge < -0.3 is 11.1 Å². The number of benzene rings is 1. The van der Waals surface area contributed by atoms with E-state index < -0.39 is 0 Å². The third-order valence-corrected chi connectivity index (χ3v) is 3.14. The molecule has 1 amide bonds. The summed E-state index contributed by atoms with van der Waals surface area (Å²) in [6, 6.07) is 7.42. The largest absolute Gasteiger partial charge is 0.351 e. The van der Waals surface area contributed by atoms with Gasteiger partial charge in [-0.3, -0.25) is 4.79 Å². The SMILES string of the molecule is NCCSCC(=O)NCc1ccc(Cl)cc1. The van der Waals surface area contributed by atoms with Gasteiger partial charge in [0.2, 0.25) is 5.91 Å². The first-order valence-corrected chi connectivity index (χ1v) is 6.54. The third-order valence-electron chi connectivity index (χ3n) is 1.90. The van der Waals surface area contributed by atoms with E-state index in [9.17, 15) is 4.79 Å². The molecule has 16 heavy (non-hydrogen) atoms. The van der Waals surface area contributed by atoms with Gasteiger partial charge in [-0.2, -0.15) is 11.8 Å². The molecule has 3 N–H and O–H groups in total. The van der Waals surface area contributed by atoms with Gasteiger partial charge in [-0.1, -0.05) is 23.7 Å². The molecule has 0 bridgehead atoms. The Hall–Kier alpha value is -0.710. The first-order valence-electron chi connectivity index (χ1n) is 5.01. The van der Waals surface area contributed by atoms with Gasteiger partial charge in [-0.15, -0.1) is 0 Å². The van der Waals surface area contributed by atoms with Crippen LogP contribution in [-0.2, 0) is 11.3 Å². The number of hydrogen-bond acceptors (Lipinski definition) is 3. The van der Waals surface area contributed by atoms with Crippen molar-refractivity contribution in [1.29, 1.82) is 0 Å². The van der Waals surface area contributed by atoms with Crippen LogP contribution in [0.25, 0.3) is 0 Å². The molecule has 0 spiro atoms. The molecule has 0 fully saturated rings. The maximum atomic E-state index is 11.4. The third kappa shape index (κ3) is 5.39. The van der Waals surface area contributed by atoms with E-state index in [0.29, 0.717) is 23.9 Å². The van der Waals surface area contributed by atoms with Crippen molar-refractivity contribution in [3.05, 3.63) is 34.9 Å². The molecule has 1 aromatic carbocycles. The van der Waals surface area contributed by atoms with E-state index in [1.165, 1.54) is 0 Å². The predicted octanol–water partition coefficient (Wildman–Crippen LogP) is 1.65. The smallest absolute Gasteiger partial charge is 0.230 e. The fourth-order valence-electron chi connectivity index (χ4n) is 1.10. The number of carbonyl (C=O) groups is 1. The summed E-state index contributed by atoms with van der Waals surface area (Å²) in [6.07, 6.45) is 0. The minimum atomic E-state index is 0.0356. The Morgan fingerprint density at radius 3 is 2.69 bits per heavy atom. The molecule has 0 unspecified atom stereocenters. The molecule has 1 aromatic rings. The average molecular weight is 259 g/mol. The summed E-state index contributed by atoms with van der Waals surface area (Å²) < 4.78 is 0. The van der Waals surface area contributed by atoms with Gasteiger partial charge in [-0.05, 0) is 17.7 Å². The van der Waals surface area contributed by atoms with Crippen LogP contribution >= 0.6 is 23.4 Å². The Labute approximate surface area is 105 Å². The van der Waals surface area contributed by atoms with Crippen LogP contribution in [-0.4, -0.2) is 24.0 Å². The maximum Gasteiger partial charge on any atom is 0.230 e. The molecule has 1 rings (SSSR count). The summed E-state index contributed by atoms with van der Waals surface area (Å²) in [5, 5.41) is 3.54. The lowest BCUT2D eigenvalue weighted by Crippen LogP contribution is -2.25. The van der Waals surface area contributed by atoms with Crippen molar-refractivity contribution in [2.45, 2.75) is 6.54 Å². The summed E-state index contributed by atoms with van der Waals surface area (Å²) in [6.45, 7) is 1.15. The molecule has 3 nitrogen and oxygen atoms in total. The highest BCUT2D eigenvalue weighted by atomic mass is 35.5. The normalized spacial score (nSPS) is 10.1. The van der Waals surface area contributed by atoms with Crippen LogP contribution in [0.3, 0.4) is 0 Å². The molecule has 0 saturated heterocycles. The van der Waals surface area contributed by atoms with E-state index in [1.807, 2.05) is 24.3 Å². The molecule has 0 heterocycles. The number of halogens is 1. The van der Waals surface area contributed by atoms with Crippen LogP contribution in [0.1, 0.15) is 5.56 Å². The Balaban J connectivity index is 2.23. The molecule has 88 valence electrons. The molecular formula is C11H15ClN2OS. The fourth-order valence-corrected chi connectivity index (χ4v) is 1.83. The Morgan fingerprint density at radius 1 is 1.38 bits per heavy atom. The first kappa shape index (κ1) is 13.4. The number of nitrogens with two attached hydrogens (primary N) is 1. The molecule has 0 aliphatic carbocycles. The van der Waals surface area contributed by atoms with Crippen molar-refractivity contribution in [3.8, 4) is 0 Å². The topological polar surface area (TPSA) is 55.1 Å². The Kier molecular flexibility index (Phi) is 6.30. The molecule has 0 atom stereocenters. The number of carbonyl (C=O) groups excluding carboxylic acids is 1. The molecule has 5 heteroatoms. The highest BCUT2D eigenvalue weighted by Gasteiger charge is 2.00. The van der Waals surface area contributed by atoms with Gasteiger partial charge in [-0.25, -0.2) is 0 Å². The number of hydrogen-bond donors (Lipinski definition) is 2. The van der Waals surface area contributed by atoms with Gasteiger partial charge in [0.15, 0.2) is 0 Å². The Bertz CT molecular complexity index is 329. The minimum Gasteiger partial charge on any atom is -0.351 e. The second-order valence-corrected chi connectivity index (χ2v) is 4.79. The number of amides is 1. The molecule has 0 aliphatic heterocycles. The van der Waals surface area contributed by atoms with Gasteiger partial charge in [0.05, 0.1) is 5.75 Å². The lowest BCUT2D eigenvalue weighted by atomic mass is 10.2. The summed E-state index contributed by atoms with van der Waals surface area (Å²) in [5.74, 6) is 1.31. The summed E-state index contributed by atoms with van der Waals surface area (Å²) in [7, 11) is 0. The van der Waals surface area contributed by atoms with E-state index in [0.717, 1.165) is 11.3 Å². The zero-order valence-electron chi connectivity index (χ0n) is 8.91. The zero-order valence-corrected chi connectivity index (χ0v) is 10.5. The average Bonchev–Trinajstić information content (AvgIpc) is 2.29. The van der Waals surface area contributed by atoms with Crippen LogP contribution in [0.4, 0.5) is 0 Å². The lowest BCUT2D eigenvalue weighted by Gasteiger charge is -2.05. The van der Waals surface area contributed by atoms with E-state index in [4.69, 9.17) is 17.3 Å². The van der Waals surface area contributed by atoms with Crippen LogP contribution in [0.15, 0.2) is 24.3 Å². The van der Waals surface area contributed by atoms with Crippen molar-refractivity contribution in [3.63, 3.8) is 0 Å². The van der Waals surface area contributed by atoms with Crippen LogP contribution < -0.4 is 11.1 Å². The van der Waals surface area contributed by atoms with Gasteiger partial charge in [0, 0.05) is 23.9 Å². The molecule has 0 saturated carbocycles. The lowest BCUT2D eigenvalue weighted by molar-refractivity contribution is -0.118. The quantitative estimate of drug-likeness (QED) is 0.763. The minimum absolute atomic E-state index is 0.0356. The van der Waals surface area contributed by atoms with Gasteiger partial charge in [0.1, 0.15) is 0 Å². The number of rotatable bonds is 6. The molecule has 0 aliphatic rings. The van der Waals surface area contributed by atoms with E-state index in [1.54, 1.807) is 11.8 Å². The predicted molar refractivity (Wildman–Crippen MR) is 69.7 cm³/mol. The molecule has 0 aromatic heterocycles. The van der Waals surface area contributed by atoms with Crippen molar-refractivity contribution in [2.24, 2.45) is 5.73 Å². The summed E-state index contributed by atoms with van der Waals surface area (Å²) in [5.41, 5.74) is 6.37. The highest BCUT2D eigenvalue weighted by molar-refractivity contribution is 7.99. The summed E-state index contributed by atoms with van der Waals surface area (Å²) in [4.78, 5) is 11.4. The summed E-state index contributed by atoms with van der Waals surface area (Å²) >= 11 is 7.30. The van der Waals surface area contributed by atoms with E-state index >= 15 is 0 Å². The number of thioether (sulfide) groups is 1. The maximum absolute atomic E-state index is 11.4. The van der Waals surface area contributed by atoms with E-state index in [2.05, 4.69) is 5.32 Å². The van der Waals surface area contributed by atoms with Crippen LogP contribution in [0, 0.1) is 0 Å². The van der Waals surface area contributed by atoms with Crippen LogP contribution in [0.2, 0.25) is 5.02 Å². The highest BCUT2D eigenvalue weighted by Crippen LogP contribution is 2.09. The monoisotopic (exact) mass is 258 g/mol. The standard InChI is InChI=1S/C11H15ClN2OS/c12-10-3-1-9(2-4-10)7-14-11(15)8-16-6-5-13/h1-4H,5-8,13H2,(H,14,15). The van der Waals surface area contributed by atoms with Gasteiger partial charge >= 0.3 is 0 Å². The molecule has 0 radical (unpaired) electrons. The first-order chi connectivity index (χ1) is 7.72. The number of nitrogens with one attached hydrogen (secondary N) is 1. The van der Waals surface area contributed by atoms with Crippen molar-refractivity contribution in [2.75, 3.05) is 18.1 Å². The fraction of sp³-hybridized carbons (Fsp3) is 0.364. The Morgan fingerprint density at radius 2 is 2.06 bits per heavy atom. The van der Waals surface area contributed by atoms with Crippen molar-refractivity contribution < 1.29 is 4.79 Å². The van der Waals surface area contributed by atoms with E-state index in [-0.39, 0.29) is 5.91 Å². The van der Waals surface area contributed by atoms with Gasteiger partial charge in [0.25, 0.3) is 0 Å². The van der Waals surface area contributed by atoms with Crippen molar-refractivity contribution >= 4 is 29.3 Å². The molecular weight excluding hydrogens is 244 g/mol. The van der Waals surface area contributed by atoms with Crippen molar-refractivity contribution in [1.82, 2.24) is 5.32 Å². The second-order valence-electron chi connectivity index (χ2n) is 3.24. The second kappa shape index (κ2) is 7.54.